The van der Waals surface area contributed by atoms with Crippen molar-refractivity contribution < 1.29 is 27.1 Å². The van der Waals surface area contributed by atoms with Crippen molar-refractivity contribution in [3.63, 3.8) is 0 Å². The van der Waals surface area contributed by atoms with E-state index in [-0.39, 0.29) is 12.0 Å². The van der Waals surface area contributed by atoms with Crippen molar-refractivity contribution in [3.8, 4) is 0 Å². The number of aliphatic carboxylic acids is 1. The summed E-state index contributed by atoms with van der Waals surface area (Å²) in [5, 5.41) is 7.15. The molecule has 100 valence electrons. The highest BCUT2D eigenvalue weighted by Crippen LogP contribution is 2.17. The quantitative estimate of drug-likeness (QED) is 0.890. The van der Waals surface area contributed by atoms with E-state index in [0.717, 1.165) is 18.2 Å². The van der Waals surface area contributed by atoms with Gasteiger partial charge in [-0.3, -0.25) is 4.79 Å². The van der Waals surface area contributed by atoms with E-state index in [2.05, 4.69) is 0 Å². The number of rotatable bonds is 5. The minimum atomic E-state index is -4.07. The molecular weight excluding hydrogens is 266 g/mol. The molecule has 0 saturated carbocycles. The molecule has 0 aliphatic carbocycles. The summed E-state index contributed by atoms with van der Waals surface area (Å²) in [4.78, 5) is 10.8. The molecule has 0 aromatic heterocycles. The highest BCUT2D eigenvalue weighted by Gasteiger charge is 2.31. The van der Waals surface area contributed by atoms with E-state index in [9.17, 15) is 22.0 Å². The van der Waals surface area contributed by atoms with Crippen LogP contribution < -0.4 is 0 Å². The summed E-state index contributed by atoms with van der Waals surface area (Å²) in [6.07, 6.45) is -0.130. The summed E-state index contributed by atoms with van der Waals surface area (Å²) in [7, 11) is -4.07. The molecule has 1 unspecified atom stereocenters. The summed E-state index contributed by atoms with van der Waals surface area (Å²) in [6, 6.07) is 2.42. The lowest BCUT2D eigenvalue weighted by Gasteiger charge is -2.11. The van der Waals surface area contributed by atoms with Crippen molar-refractivity contribution in [2.75, 3.05) is 0 Å². The molecule has 1 rings (SSSR count). The molecule has 1 aromatic carbocycles. The van der Waals surface area contributed by atoms with E-state index in [4.69, 9.17) is 5.11 Å². The largest absolute Gasteiger partial charge is 0.480 e. The molecular formula is C11H12F2O4S. The fourth-order valence-electron chi connectivity index (χ4n) is 1.55. The smallest absolute Gasteiger partial charge is 0.321 e. The first kappa shape index (κ1) is 14.6. The van der Waals surface area contributed by atoms with Crippen molar-refractivity contribution in [2.45, 2.75) is 24.3 Å². The number of halogens is 2. The Balaban J connectivity index is 3.09. The van der Waals surface area contributed by atoms with Gasteiger partial charge in [0.2, 0.25) is 0 Å². The van der Waals surface area contributed by atoms with Gasteiger partial charge >= 0.3 is 5.97 Å². The number of hydrogen-bond acceptors (Lipinski definition) is 3. The monoisotopic (exact) mass is 278 g/mol. The zero-order chi connectivity index (χ0) is 13.9. The van der Waals surface area contributed by atoms with Crippen LogP contribution in [-0.2, 0) is 20.4 Å². The molecule has 18 heavy (non-hydrogen) atoms. The van der Waals surface area contributed by atoms with E-state index >= 15 is 0 Å². The Labute approximate surface area is 103 Å². The first-order chi connectivity index (χ1) is 8.27. The van der Waals surface area contributed by atoms with Crippen LogP contribution in [0, 0.1) is 11.6 Å². The maximum Gasteiger partial charge on any atom is 0.321 e. The molecule has 1 N–H and O–H groups in total. The van der Waals surface area contributed by atoms with Crippen molar-refractivity contribution in [2.24, 2.45) is 0 Å². The van der Waals surface area contributed by atoms with Crippen LogP contribution in [0.2, 0.25) is 0 Å². The minimum absolute atomic E-state index is 0.130. The lowest BCUT2D eigenvalue weighted by atomic mass is 10.2. The molecule has 0 amide bonds. The first-order valence-electron chi connectivity index (χ1n) is 5.16. The van der Waals surface area contributed by atoms with Crippen LogP contribution in [-0.4, -0.2) is 24.7 Å². The second-order valence-corrected chi connectivity index (χ2v) is 5.96. The molecule has 0 fully saturated rings. The molecule has 0 aliphatic rings. The Morgan fingerprint density at radius 2 is 2.00 bits per heavy atom. The van der Waals surface area contributed by atoms with Crippen LogP contribution in [0.3, 0.4) is 0 Å². The summed E-state index contributed by atoms with van der Waals surface area (Å²) in [5.74, 6) is -3.97. The zero-order valence-electron chi connectivity index (χ0n) is 9.56. The number of benzene rings is 1. The van der Waals surface area contributed by atoms with Gasteiger partial charge in [0, 0.05) is 5.56 Å². The molecule has 0 heterocycles. The van der Waals surface area contributed by atoms with Gasteiger partial charge in [-0.15, -0.1) is 0 Å². The first-order valence-corrected chi connectivity index (χ1v) is 6.87. The van der Waals surface area contributed by atoms with Crippen molar-refractivity contribution in [1.82, 2.24) is 0 Å². The highest BCUT2D eigenvalue weighted by molar-refractivity contribution is 7.92. The van der Waals surface area contributed by atoms with Gasteiger partial charge < -0.3 is 5.11 Å². The highest BCUT2D eigenvalue weighted by atomic mass is 32.2. The van der Waals surface area contributed by atoms with Crippen LogP contribution in [0.1, 0.15) is 18.9 Å². The molecule has 1 atom stereocenters. The van der Waals surface area contributed by atoms with Gasteiger partial charge in [0.15, 0.2) is 15.1 Å². The molecule has 0 bridgehead atoms. The molecule has 0 spiro atoms. The standard InChI is InChI=1S/C11H12F2O4S/c1-2-10(11(14)15)18(16,17)6-7-5-8(12)3-4-9(7)13/h3-5,10H,2,6H2,1H3,(H,14,15). The Morgan fingerprint density at radius 3 is 2.50 bits per heavy atom. The van der Waals surface area contributed by atoms with Crippen LogP contribution in [0.4, 0.5) is 8.78 Å². The Kier molecular flexibility index (Phi) is 4.39. The SMILES string of the molecule is CCC(C(=O)O)S(=O)(=O)Cc1cc(F)ccc1F. The predicted octanol–water partition coefficient (Wildman–Crippen LogP) is 1.74. The molecule has 0 aliphatic heterocycles. The Morgan fingerprint density at radius 1 is 1.39 bits per heavy atom. The summed E-state index contributed by atoms with van der Waals surface area (Å²) in [6.45, 7) is 1.40. The van der Waals surface area contributed by atoms with Gasteiger partial charge in [0.1, 0.15) is 11.6 Å². The van der Waals surface area contributed by atoms with Crippen LogP contribution in [0.5, 0.6) is 0 Å². The lowest BCUT2D eigenvalue weighted by molar-refractivity contribution is -0.136. The van der Waals surface area contributed by atoms with Gasteiger partial charge in [-0.05, 0) is 24.6 Å². The van der Waals surface area contributed by atoms with E-state index in [1.807, 2.05) is 0 Å². The van der Waals surface area contributed by atoms with Crippen LogP contribution in [0.25, 0.3) is 0 Å². The Hall–Kier alpha value is -1.50. The second kappa shape index (κ2) is 5.43. The van der Waals surface area contributed by atoms with Gasteiger partial charge in [0.25, 0.3) is 0 Å². The lowest BCUT2D eigenvalue weighted by Crippen LogP contribution is -2.30. The van der Waals surface area contributed by atoms with E-state index < -0.39 is 38.4 Å². The predicted molar refractivity (Wildman–Crippen MR) is 60.7 cm³/mol. The van der Waals surface area contributed by atoms with Crippen LogP contribution in [0.15, 0.2) is 18.2 Å². The third-order valence-corrected chi connectivity index (χ3v) is 4.56. The van der Waals surface area contributed by atoms with E-state index in [0.29, 0.717) is 0 Å². The summed E-state index contributed by atoms with van der Waals surface area (Å²) < 4.78 is 49.7. The topological polar surface area (TPSA) is 71.4 Å². The fraction of sp³-hybridized carbons (Fsp3) is 0.364. The number of hydrogen-bond donors (Lipinski definition) is 1. The molecule has 7 heteroatoms. The normalized spacial score (nSPS) is 13.3. The zero-order valence-corrected chi connectivity index (χ0v) is 10.4. The maximum atomic E-state index is 13.3. The second-order valence-electron chi connectivity index (χ2n) is 3.78. The number of carboxylic acid groups (broad SMARTS) is 1. The minimum Gasteiger partial charge on any atom is -0.480 e. The third kappa shape index (κ3) is 3.25. The van der Waals surface area contributed by atoms with Crippen molar-refractivity contribution >= 4 is 15.8 Å². The van der Waals surface area contributed by atoms with Crippen molar-refractivity contribution in [1.29, 1.82) is 0 Å². The third-order valence-electron chi connectivity index (χ3n) is 2.44. The molecule has 0 saturated heterocycles. The molecule has 1 aromatic rings. The van der Waals surface area contributed by atoms with Gasteiger partial charge in [-0.25, -0.2) is 17.2 Å². The summed E-state index contributed by atoms with van der Waals surface area (Å²) in [5.41, 5.74) is -0.366. The van der Waals surface area contributed by atoms with Gasteiger partial charge in [-0.1, -0.05) is 6.92 Å². The van der Waals surface area contributed by atoms with E-state index in [1.54, 1.807) is 0 Å². The number of carboxylic acids is 1. The van der Waals surface area contributed by atoms with Gasteiger partial charge in [0.05, 0.1) is 5.75 Å². The Bertz CT molecular complexity index is 554. The summed E-state index contributed by atoms with van der Waals surface area (Å²) >= 11 is 0. The average molecular weight is 278 g/mol. The van der Waals surface area contributed by atoms with Crippen LogP contribution >= 0.6 is 0 Å². The average Bonchev–Trinajstić information content (AvgIpc) is 2.22. The number of sulfone groups is 1. The molecule has 0 radical (unpaired) electrons. The fourth-order valence-corrected chi connectivity index (χ4v) is 3.22. The van der Waals surface area contributed by atoms with Gasteiger partial charge in [-0.2, -0.15) is 0 Å². The van der Waals surface area contributed by atoms with E-state index in [1.165, 1.54) is 6.92 Å². The number of carbonyl (C=O) groups is 1. The maximum absolute atomic E-state index is 13.3. The molecule has 4 nitrogen and oxygen atoms in total. The van der Waals surface area contributed by atoms with Crippen molar-refractivity contribution in [3.05, 3.63) is 35.4 Å².